The molecule has 1 atom stereocenters. The number of hydrogen-bond acceptors (Lipinski definition) is 3. The van der Waals surface area contributed by atoms with E-state index in [2.05, 4.69) is 11.4 Å². The topological polar surface area (TPSA) is 49.4 Å². The lowest BCUT2D eigenvalue weighted by Gasteiger charge is -2.30. The Balaban J connectivity index is 2.10. The Kier molecular flexibility index (Phi) is 9.87. The Bertz CT molecular complexity index is 826. The van der Waals surface area contributed by atoms with Crippen LogP contribution in [0.5, 0.6) is 0 Å². The normalized spacial score (nSPS) is 11.7. The van der Waals surface area contributed by atoms with Crippen LogP contribution in [0.15, 0.2) is 48.5 Å². The number of halogens is 1. The van der Waals surface area contributed by atoms with E-state index in [1.807, 2.05) is 39.0 Å². The molecule has 0 spiro atoms. The molecule has 2 amide bonds. The van der Waals surface area contributed by atoms with Crippen LogP contribution < -0.4 is 5.32 Å². The lowest BCUT2D eigenvalue weighted by Crippen LogP contribution is -2.49. The van der Waals surface area contributed by atoms with Gasteiger partial charge in [-0.25, -0.2) is 4.39 Å². The van der Waals surface area contributed by atoms with Crippen LogP contribution in [0, 0.1) is 12.7 Å². The van der Waals surface area contributed by atoms with E-state index in [1.165, 1.54) is 35.0 Å². The highest BCUT2D eigenvalue weighted by molar-refractivity contribution is 7.99. The molecule has 0 aliphatic carbocycles. The van der Waals surface area contributed by atoms with Crippen molar-refractivity contribution in [3.8, 4) is 0 Å². The van der Waals surface area contributed by atoms with E-state index in [0.29, 0.717) is 13.0 Å². The molecule has 0 fully saturated rings. The predicted octanol–water partition coefficient (Wildman–Crippen LogP) is 4.70. The zero-order valence-corrected chi connectivity index (χ0v) is 18.8. The van der Waals surface area contributed by atoms with Crippen molar-refractivity contribution in [3.05, 3.63) is 71.0 Å². The molecule has 162 valence electrons. The van der Waals surface area contributed by atoms with Crippen molar-refractivity contribution >= 4 is 23.6 Å². The predicted molar refractivity (Wildman–Crippen MR) is 122 cm³/mol. The molecule has 0 aliphatic rings. The van der Waals surface area contributed by atoms with Crippen LogP contribution in [-0.2, 0) is 21.9 Å². The van der Waals surface area contributed by atoms with Gasteiger partial charge in [0.05, 0.1) is 5.75 Å². The highest BCUT2D eigenvalue weighted by atomic mass is 32.2. The molecule has 4 nitrogen and oxygen atoms in total. The second-order valence-corrected chi connectivity index (χ2v) is 8.33. The average Bonchev–Trinajstić information content (AvgIpc) is 2.73. The standard InChI is InChI=1S/C24H31FN2O2S/c1-4-13-26-24(29)22(5-2)27(15-19-9-11-21(25)12-10-19)23(28)17-30-16-20-8-6-7-18(3)14-20/h6-12,14,22H,4-5,13,15-17H2,1-3H3,(H,26,29)/t22-/m1/s1. The monoisotopic (exact) mass is 430 g/mol. The zero-order valence-electron chi connectivity index (χ0n) is 18.0. The average molecular weight is 431 g/mol. The summed E-state index contributed by atoms with van der Waals surface area (Å²) in [7, 11) is 0. The quantitative estimate of drug-likeness (QED) is 0.562. The molecule has 2 rings (SSSR count). The van der Waals surface area contributed by atoms with Gasteiger partial charge in [0.25, 0.3) is 0 Å². The number of hydrogen-bond donors (Lipinski definition) is 1. The van der Waals surface area contributed by atoms with Crippen LogP contribution in [0.1, 0.15) is 43.4 Å². The van der Waals surface area contributed by atoms with Crippen molar-refractivity contribution in [2.24, 2.45) is 0 Å². The number of rotatable bonds is 11. The van der Waals surface area contributed by atoms with Crippen LogP contribution >= 0.6 is 11.8 Å². The largest absolute Gasteiger partial charge is 0.354 e. The van der Waals surface area contributed by atoms with Gasteiger partial charge in [-0.2, -0.15) is 0 Å². The Labute approximate surface area is 183 Å². The lowest BCUT2D eigenvalue weighted by molar-refractivity contribution is -0.139. The summed E-state index contributed by atoms with van der Waals surface area (Å²) in [5, 5.41) is 2.90. The van der Waals surface area contributed by atoms with Crippen LogP contribution in [0.25, 0.3) is 0 Å². The first-order valence-electron chi connectivity index (χ1n) is 10.4. The smallest absolute Gasteiger partial charge is 0.242 e. The second kappa shape index (κ2) is 12.4. The third-order valence-corrected chi connectivity index (χ3v) is 5.77. The highest BCUT2D eigenvalue weighted by Gasteiger charge is 2.28. The van der Waals surface area contributed by atoms with Crippen molar-refractivity contribution in [1.29, 1.82) is 0 Å². The van der Waals surface area contributed by atoms with Crippen molar-refractivity contribution in [2.45, 2.75) is 52.0 Å². The van der Waals surface area contributed by atoms with Gasteiger partial charge in [0.2, 0.25) is 11.8 Å². The fourth-order valence-electron chi connectivity index (χ4n) is 3.21. The molecule has 2 aromatic rings. The van der Waals surface area contributed by atoms with Gasteiger partial charge >= 0.3 is 0 Å². The van der Waals surface area contributed by atoms with E-state index in [0.717, 1.165) is 17.7 Å². The fourth-order valence-corrected chi connectivity index (χ4v) is 4.07. The molecule has 6 heteroatoms. The molecule has 30 heavy (non-hydrogen) atoms. The maximum Gasteiger partial charge on any atom is 0.242 e. The van der Waals surface area contributed by atoms with E-state index < -0.39 is 6.04 Å². The molecule has 0 saturated heterocycles. The van der Waals surface area contributed by atoms with Gasteiger partial charge < -0.3 is 10.2 Å². The van der Waals surface area contributed by atoms with E-state index in [4.69, 9.17) is 0 Å². The summed E-state index contributed by atoms with van der Waals surface area (Å²) in [6.07, 6.45) is 1.35. The van der Waals surface area contributed by atoms with Crippen LogP contribution in [0.2, 0.25) is 0 Å². The molecule has 2 aromatic carbocycles. The van der Waals surface area contributed by atoms with Crippen molar-refractivity contribution in [2.75, 3.05) is 12.3 Å². The first kappa shape index (κ1) is 23.9. The van der Waals surface area contributed by atoms with Crippen LogP contribution in [-0.4, -0.2) is 35.1 Å². The van der Waals surface area contributed by atoms with Crippen molar-refractivity contribution < 1.29 is 14.0 Å². The number of thioether (sulfide) groups is 1. The molecule has 0 aromatic heterocycles. The van der Waals surface area contributed by atoms with E-state index in [-0.39, 0.29) is 29.9 Å². The van der Waals surface area contributed by atoms with Crippen LogP contribution in [0.4, 0.5) is 4.39 Å². The van der Waals surface area contributed by atoms with Crippen molar-refractivity contribution in [3.63, 3.8) is 0 Å². The fraction of sp³-hybridized carbons (Fsp3) is 0.417. The summed E-state index contributed by atoms with van der Waals surface area (Å²) in [6, 6.07) is 13.7. The Morgan fingerprint density at radius 2 is 1.83 bits per heavy atom. The Hall–Kier alpha value is -2.34. The summed E-state index contributed by atoms with van der Waals surface area (Å²) in [5.74, 6) is 0.468. The van der Waals surface area contributed by atoms with Gasteiger partial charge in [0.15, 0.2) is 0 Å². The first-order chi connectivity index (χ1) is 14.4. The number of aryl methyl sites for hydroxylation is 1. The molecule has 0 saturated carbocycles. The molecule has 0 heterocycles. The van der Waals surface area contributed by atoms with E-state index in [1.54, 1.807) is 17.0 Å². The number of nitrogens with zero attached hydrogens (tertiary/aromatic N) is 1. The number of amides is 2. The van der Waals surface area contributed by atoms with Gasteiger partial charge in [-0.1, -0.05) is 55.8 Å². The highest BCUT2D eigenvalue weighted by Crippen LogP contribution is 2.18. The van der Waals surface area contributed by atoms with E-state index >= 15 is 0 Å². The molecular weight excluding hydrogens is 399 g/mol. The SMILES string of the molecule is CCCNC(=O)[C@@H](CC)N(Cc1ccc(F)cc1)C(=O)CSCc1cccc(C)c1. The molecule has 0 radical (unpaired) electrons. The van der Waals surface area contributed by atoms with E-state index in [9.17, 15) is 14.0 Å². The molecular formula is C24H31FN2O2S. The van der Waals surface area contributed by atoms with Crippen molar-refractivity contribution in [1.82, 2.24) is 10.2 Å². The molecule has 0 aliphatic heterocycles. The Morgan fingerprint density at radius 3 is 2.47 bits per heavy atom. The summed E-state index contributed by atoms with van der Waals surface area (Å²) in [4.78, 5) is 27.4. The summed E-state index contributed by atoms with van der Waals surface area (Å²) < 4.78 is 13.3. The number of carbonyl (C=O) groups excluding carboxylic acids is 2. The second-order valence-electron chi connectivity index (χ2n) is 7.35. The minimum atomic E-state index is -0.548. The molecule has 0 unspecified atom stereocenters. The molecule has 0 bridgehead atoms. The summed E-state index contributed by atoms with van der Waals surface area (Å²) >= 11 is 1.54. The summed E-state index contributed by atoms with van der Waals surface area (Å²) in [5.41, 5.74) is 3.16. The van der Waals surface area contributed by atoms with Gasteiger partial charge in [0, 0.05) is 18.8 Å². The number of nitrogens with one attached hydrogen (secondary N) is 1. The minimum Gasteiger partial charge on any atom is -0.354 e. The van der Waals surface area contributed by atoms with Gasteiger partial charge in [0.1, 0.15) is 11.9 Å². The lowest BCUT2D eigenvalue weighted by atomic mass is 10.1. The summed E-state index contributed by atoms with van der Waals surface area (Å²) in [6.45, 7) is 6.80. The van der Waals surface area contributed by atoms with Gasteiger partial charge in [-0.05, 0) is 43.0 Å². The third kappa shape index (κ3) is 7.48. The van der Waals surface area contributed by atoms with Crippen LogP contribution in [0.3, 0.4) is 0 Å². The van der Waals surface area contributed by atoms with Gasteiger partial charge in [-0.3, -0.25) is 9.59 Å². The number of carbonyl (C=O) groups is 2. The van der Waals surface area contributed by atoms with Gasteiger partial charge in [-0.15, -0.1) is 11.8 Å². The first-order valence-corrected chi connectivity index (χ1v) is 11.5. The maximum atomic E-state index is 13.3. The minimum absolute atomic E-state index is 0.0875. The molecule has 1 N–H and O–H groups in total. The maximum absolute atomic E-state index is 13.3. The Morgan fingerprint density at radius 1 is 1.10 bits per heavy atom. The zero-order chi connectivity index (χ0) is 21.9. The third-order valence-electron chi connectivity index (χ3n) is 4.78. The number of benzene rings is 2.